The molecule has 0 saturated heterocycles. The van der Waals surface area contributed by atoms with Crippen molar-refractivity contribution in [3.8, 4) is 23.0 Å². The lowest BCUT2D eigenvalue weighted by Crippen LogP contribution is -2.46. The fraction of sp³-hybridized carbons (Fsp3) is 0.565. The molecule has 61 heavy (non-hydrogen) atoms. The summed E-state index contributed by atoms with van der Waals surface area (Å²) < 4.78 is 29.9. The van der Waals surface area contributed by atoms with Gasteiger partial charge in [-0.25, -0.2) is 0 Å². The van der Waals surface area contributed by atoms with Gasteiger partial charge in [0.2, 0.25) is 0 Å². The number of likely N-dealkylation sites (N-methyl/N-ethyl adjacent to an activating group) is 1. The third kappa shape index (κ3) is 9.68. The number of ether oxygens (including phenoxy) is 5. The lowest BCUT2D eigenvalue weighted by molar-refractivity contribution is -0.160. The zero-order chi connectivity index (χ0) is 45.1. The number of rotatable bonds is 6. The van der Waals surface area contributed by atoms with Crippen LogP contribution in [0, 0.1) is 30.6 Å². The van der Waals surface area contributed by atoms with E-state index in [1.807, 2.05) is 0 Å². The van der Waals surface area contributed by atoms with Gasteiger partial charge in [-0.2, -0.15) is 0 Å². The molecule has 0 radical (unpaired) electrons. The highest BCUT2D eigenvalue weighted by molar-refractivity contribution is 6.21. The van der Waals surface area contributed by atoms with Crippen LogP contribution in [0.2, 0.25) is 0 Å². The van der Waals surface area contributed by atoms with Crippen molar-refractivity contribution in [3.63, 3.8) is 0 Å². The Hall–Kier alpha value is -5.12. The van der Waals surface area contributed by atoms with Gasteiger partial charge < -0.3 is 54.3 Å². The molecular weight excluding hydrogens is 789 g/mol. The van der Waals surface area contributed by atoms with Gasteiger partial charge in [-0.15, -0.1) is 0 Å². The maximum atomic E-state index is 14.6. The molecule has 2 amide bonds. The second-order valence-corrected chi connectivity index (χ2v) is 17.0. The number of aliphatic hydroxyl groups excluding tert-OH is 2. The van der Waals surface area contributed by atoms with E-state index in [4.69, 9.17) is 23.7 Å². The highest BCUT2D eigenvalue weighted by Crippen LogP contribution is 2.54. The van der Waals surface area contributed by atoms with Gasteiger partial charge >= 0.3 is 11.8 Å². The number of carbonyl (C=O) groups is 4. The van der Waals surface area contributed by atoms with Crippen LogP contribution in [-0.4, -0.2) is 106 Å². The molecule has 1 fully saturated rings. The van der Waals surface area contributed by atoms with Crippen LogP contribution in [0.25, 0.3) is 10.8 Å². The Morgan fingerprint density at radius 2 is 1.62 bits per heavy atom. The summed E-state index contributed by atoms with van der Waals surface area (Å²) in [4.78, 5) is 55.7. The first kappa shape index (κ1) is 46.9. The van der Waals surface area contributed by atoms with Gasteiger partial charge in [0.05, 0.1) is 41.2 Å². The minimum Gasteiger partial charge on any atom is -0.507 e. The number of methoxy groups -OCH3 is 1. The minimum atomic E-state index is -2.02. The Kier molecular flexibility index (Phi) is 14.8. The van der Waals surface area contributed by atoms with Crippen LogP contribution >= 0.6 is 0 Å². The van der Waals surface area contributed by atoms with E-state index >= 15 is 0 Å². The Morgan fingerprint density at radius 1 is 0.951 bits per heavy atom. The van der Waals surface area contributed by atoms with Crippen LogP contribution in [0.3, 0.4) is 0 Å². The maximum absolute atomic E-state index is 14.6. The van der Waals surface area contributed by atoms with E-state index < -0.39 is 89.6 Å². The molecule has 1 saturated carbocycles. The third-order valence-electron chi connectivity index (χ3n) is 12.7. The van der Waals surface area contributed by atoms with E-state index in [1.165, 1.54) is 59.3 Å². The van der Waals surface area contributed by atoms with Crippen LogP contribution in [-0.2, 0) is 28.6 Å². The first-order chi connectivity index (χ1) is 28.7. The number of phenolic OH excluding ortho intramolecular Hbond substituents is 2. The van der Waals surface area contributed by atoms with Gasteiger partial charge in [0.15, 0.2) is 12.4 Å². The number of carbonyl (C=O) groups excluding carboxylic acids is 4. The first-order valence-corrected chi connectivity index (χ1v) is 21.0. The van der Waals surface area contributed by atoms with Crippen LogP contribution in [0.15, 0.2) is 42.2 Å². The molecule has 2 aromatic carbocycles. The van der Waals surface area contributed by atoms with E-state index in [1.54, 1.807) is 51.8 Å². The predicted molar refractivity (Wildman–Crippen MR) is 227 cm³/mol. The number of amides is 2. The molecule has 0 unspecified atom stereocenters. The number of ketones is 1. The van der Waals surface area contributed by atoms with Gasteiger partial charge in [0.1, 0.15) is 23.4 Å². The number of phenols is 2. The Bertz CT molecular complexity index is 2090. The fourth-order valence-electron chi connectivity index (χ4n) is 8.66. The summed E-state index contributed by atoms with van der Waals surface area (Å²) in [5.74, 6) is -7.90. The SMILES string of the molecule is CO[C@H]1/C=C\O[C@@]2(C)Oc3c(C)c(O)c4c(O)c(cc(OCC(=O)N(C)C5CCCCC5)c4c3C2=O)NC(=O)/C(C)=C\C=C/[C@H](C)[C@H](O)[C@@H](C)[C@@H](O)[C@@H](C)[C@H](OC(C)=O)[C@@H]1C. The molecule has 5 bridgehead atoms. The summed E-state index contributed by atoms with van der Waals surface area (Å²) in [5, 5.41) is 48.7. The molecule has 9 atom stereocenters. The smallest absolute Gasteiger partial charge is 0.312 e. The van der Waals surface area contributed by atoms with Crippen molar-refractivity contribution in [2.75, 3.05) is 26.1 Å². The van der Waals surface area contributed by atoms with E-state index in [2.05, 4.69) is 5.32 Å². The summed E-state index contributed by atoms with van der Waals surface area (Å²) in [6, 6.07) is 1.33. The Morgan fingerprint density at radius 3 is 2.26 bits per heavy atom. The van der Waals surface area contributed by atoms with E-state index in [-0.39, 0.29) is 56.6 Å². The lowest BCUT2D eigenvalue weighted by Gasteiger charge is -2.38. The van der Waals surface area contributed by atoms with Gasteiger partial charge in [0, 0.05) is 80.3 Å². The normalized spacial score (nSPS) is 31.0. The number of nitrogens with zero attached hydrogens (tertiary/aromatic N) is 1. The number of hydrogen-bond acceptors (Lipinski definition) is 13. The largest absolute Gasteiger partial charge is 0.507 e. The van der Waals surface area contributed by atoms with Crippen LogP contribution < -0.4 is 14.8 Å². The summed E-state index contributed by atoms with van der Waals surface area (Å²) in [7, 11) is 3.16. The van der Waals surface area contributed by atoms with E-state index in [0.29, 0.717) is 0 Å². The lowest BCUT2D eigenvalue weighted by atomic mass is 9.78. The standard InChI is InChI=1S/C46H62N2O13/c1-23-15-14-16-24(2)45(56)47-31-21-33(58-22-34(50)48(9)30-17-12-11-13-18-30)35-36(41(31)54)40(53)28(6)43-37(35)44(55)46(8,61-43)59-20-19-32(57-10)25(3)42(60-29(7)49)27(5)39(52)26(4)38(23)51/h14-16,19-21,23,25-27,30,32,38-39,42,51-54H,11-13,17-18,22H2,1-10H3,(H,47,56)/b15-14-,20-19-,24-16-/t23-,25+,26+,27+,32-,38-,39+,42+,46-/m0/s1. The number of benzene rings is 2. The van der Waals surface area contributed by atoms with Crippen molar-refractivity contribution in [3.05, 3.63) is 53.3 Å². The molecule has 0 spiro atoms. The fourth-order valence-corrected chi connectivity index (χ4v) is 8.66. The molecule has 3 heterocycles. The van der Waals surface area contributed by atoms with Crippen molar-refractivity contribution < 1.29 is 63.3 Å². The topological polar surface area (TPSA) is 211 Å². The quantitative estimate of drug-likeness (QED) is 0.162. The number of esters is 1. The molecule has 4 aliphatic rings. The molecule has 1 aliphatic carbocycles. The molecule has 3 aliphatic heterocycles. The summed E-state index contributed by atoms with van der Waals surface area (Å²) in [5.41, 5.74) is 0.0303. The Balaban J connectivity index is 1.65. The number of hydrogen-bond donors (Lipinski definition) is 5. The van der Waals surface area contributed by atoms with Gasteiger partial charge in [-0.3, -0.25) is 19.2 Å². The summed E-state index contributed by atoms with van der Waals surface area (Å²) in [6.07, 6.45) is 8.48. The number of anilines is 1. The van der Waals surface area contributed by atoms with E-state index in [0.717, 1.165) is 32.1 Å². The monoisotopic (exact) mass is 850 g/mol. The third-order valence-corrected chi connectivity index (χ3v) is 12.7. The second-order valence-electron chi connectivity index (χ2n) is 17.0. The van der Waals surface area contributed by atoms with E-state index in [9.17, 15) is 39.6 Å². The molecule has 5 N–H and O–H groups in total. The van der Waals surface area contributed by atoms with Crippen molar-refractivity contribution >= 4 is 40.0 Å². The number of aromatic hydroxyl groups is 2. The van der Waals surface area contributed by atoms with Crippen LogP contribution in [0.1, 0.15) is 96.5 Å². The average Bonchev–Trinajstić information content (AvgIpc) is 3.50. The number of fused-ring (bicyclic) bond motifs is 14. The zero-order valence-electron chi connectivity index (χ0n) is 36.8. The van der Waals surface area contributed by atoms with Crippen molar-refractivity contribution in [1.29, 1.82) is 0 Å². The molecule has 2 aromatic rings. The van der Waals surface area contributed by atoms with Crippen LogP contribution in [0.5, 0.6) is 23.0 Å². The maximum Gasteiger partial charge on any atom is 0.312 e. The molecule has 0 aromatic heterocycles. The number of Topliss-reactive ketones (excluding diaryl/α,β-unsaturated/α-hetero) is 1. The highest BCUT2D eigenvalue weighted by Gasteiger charge is 2.50. The zero-order valence-corrected chi connectivity index (χ0v) is 36.8. The minimum absolute atomic E-state index is 0.0395. The van der Waals surface area contributed by atoms with Crippen molar-refractivity contribution in [2.24, 2.45) is 23.7 Å². The van der Waals surface area contributed by atoms with Gasteiger partial charge in [0.25, 0.3) is 17.6 Å². The average molecular weight is 851 g/mol. The molecule has 334 valence electrons. The molecular formula is C46H62N2O13. The predicted octanol–water partition coefficient (Wildman–Crippen LogP) is 6.22. The molecule has 15 nitrogen and oxygen atoms in total. The van der Waals surface area contributed by atoms with Crippen LogP contribution in [0.4, 0.5) is 5.69 Å². The number of allylic oxidation sites excluding steroid dienone is 2. The van der Waals surface area contributed by atoms with Gasteiger partial charge in [-0.1, -0.05) is 65.2 Å². The summed E-state index contributed by atoms with van der Waals surface area (Å²) >= 11 is 0. The Labute approximate surface area is 357 Å². The number of aliphatic hydroxyl groups is 2. The molecule has 15 heteroatoms. The van der Waals surface area contributed by atoms with Gasteiger partial charge in [-0.05, 0) is 32.8 Å². The molecule has 6 rings (SSSR count). The number of nitrogens with one attached hydrogen (secondary N) is 1. The first-order valence-electron chi connectivity index (χ1n) is 21.0. The van der Waals surface area contributed by atoms with Crippen molar-refractivity contribution in [1.82, 2.24) is 4.90 Å². The second kappa shape index (κ2) is 19.3. The summed E-state index contributed by atoms with van der Waals surface area (Å²) in [6.45, 7) is 12.2. The highest BCUT2D eigenvalue weighted by atomic mass is 16.7. The van der Waals surface area contributed by atoms with Crippen molar-refractivity contribution in [2.45, 2.75) is 124 Å².